The Labute approximate surface area is 143 Å². The summed E-state index contributed by atoms with van der Waals surface area (Å²) in [4.78, 5) is 11.9. The van der Waals surface area contributed by atoms with Gasteiger partial charge in [0, 0.05) is 5.41 Å². The lowest BCUT2D eigenvalue weighted by atomic mass is 9.61. The lowest BCUT2D eigenvalue weighted by Crippen LogP contribution is -2.59. The standard InChI is InChI=1S/C19H38O3.H3N/c1-5-9-13-18(14-10-6-2,15-11-7-3)19(22,17(20)21)16-12-8-4;/h22H,5-16H2,1-4H3,(H,20,21);1H3/t19-;/m1./s1. The summed E-state index contributed by atoms with van der Waals surface area (Å²) in [6.45, 7) is 8.39. The van der Waals surface area contributed by atoms with Crippen molar-refractivity contribution >= 4 is 5.97 Å². The van der Waals surface area contributed by atoms with Crippen LogP contribution in [0.25, 0.3) is 0 Å². The van der Waals surface area contributed by atoms with E-state index in [1.165, 1.54) is 0 Å². The number of hydrogen-bond acceptors (Lipinski definition) is 3. The second-order valence-corrected chi connectivity index (χ2v) is 6.84. The summed E-state index contributed by atoms with van der Waals surface area (Å²) >= 11 is 0. The van der Waals surface area contributed by atoms with Crippen LogP contribution < -0.4 is 11.3 Å². The molecule has 4 nitrogen and oxygen atoms in total. The molecule has 0 aliphatic rings. The van der Waals surface area contributed by atoms with E-state index in [0.717, 1.165) is 70.6 Å². The smallest absolute Gasteiger partial charge is 0.109 e. The molecule has 4 heteroatoms. The van der Waals surface area contributed by atoms with E-state index in [-0.39, 0.29) is 6.15 Å². The van der Waals surface area contributed by atoms with Crippen LogP contribution >= 0.6 is 0 Å². The number of unbranched alkanes of at least 4 members (excludes halogenated alkanes) is 4. The highest BCUT2D eigenvalue weighted by Crippen LogP contribution is 2.48. The van der Waals surface area contributed by atoms with Gasteiger partial charge in [-0.1, -0.05) is 79.1 Å². The van der Waals surface area contributed by atoms with Gasteiger partial charge in [-0.25, -0.2) is 0 Å². The molecule has 5 N–H and O–H groups in total. The summed E-state index contributed by atoms with van der Waals surface area (Å²) in [6, 6.07) is 0. The lowest BCUT2D eigenvalue weighted by Gasteiger charge is -2.49. The Kier molecular flexibility index (Phi) is 13.7. The van der Waals surface area contributed by atoms with Crippen molar-refractivity contribution in [3.05, 3.63) is 0 Å². The SMILES string of the molecule is CCCCC(CCCC)(CCCC)[C@@](O)(CCCC)C(=O)[O-].[NH4+]. The van der Waals surface area contributed by atoms with Crippen molar-refractivity contribution < 1.29 is 15.0 Å². The van der Waals surface area contributed by atoms with Gasteiger partial charge in [0.2, 0.25) is 0 Å². The Hall–Kier alpha value is -0.610. The summed E-state index contributed by atoms with van der Waals surface area (Å²) in [5.74, 6) is -1.26. The van der Waals surface area contributed by atoms with Gasteiger partial charge in [-0.2, -0.15) is 0 Å². The number of hydrogen-bond donors (Lipinski definition) is 2. The quantitative estimate of drug-likeness (QED) is 0.487. The molecule has 0 radical (unpaired) electrons. The van der Waals surface area contributed by atoms with Crippen molar-refractivity contribution in [3.8, 4) is 0 Å². The maximum absolute atomic E-state index is 11.9. The van der Waals surface area contributed by atoms with Gasteiger partial charge in [0.1, 0.15) is 5.60 Å². The zero-order valence-electron chi connectivity index (χ0n) is 16.2. The van der Waals surface area contributed by atoms with Crippen molar-refractivity contribution in [3.63, 3.8) is 0 Å². The highest BCUT2D eigenvalue weighted by molar-refractivity contribution is 5.76. The molecule has 0 bridgehead atoms. The van der Waals surface area contributed by atoms with E-state index in [0.29, 0.717) is 6.42 Å². The van der Waals surface area contributed by atoms with Crippen molar-refractivity contribution in [2.75, 3.05) is 0 Å². The summed E-state index contributed by atoms with van der Waals surface area (Å²) in [5.41, 5.74) is -2.20. The fourth-order valence-corrected chi connectivity index (χ4v) is 3.56. The molecule has 0 saturated carbocycles. The van der Waals surface area contributed by atoms with E-state index in [9.17, 15) is 15.0 Å². The lowest BCUT2D eigenvalue weighted by molar-refractivity contribution is -0.335. The number of aliphatic hydroxyl groups is 1. The number of carbonyl (C=O) groups excluding carboxylic acids is 1. The Morgan fingerprint density at radius 1 is 0.783 bits per heavy atom. The molecular weight excluding hydrogens is 290 g/mol. The van der Waals surface area contributed by atoms with Gasteiger partial charge >= 0.3 is 0 Å². The van der Waals surface area contributed by atoms with Crippen LogP contribution in [-0.4, -0.2) is 16.7 Å². The second-order valence-electron chi connectivity index (χ2n) is 6.84. The van der Waals surface area contributed by atoms with Gasteiger partial charge < -0.3 is 21.2 Å². The molecule has 0 rings (SSSR count). The van der Waals surface area contributed by atoms with Crippen LogP contribution in [0.1, 0.15) is 105 Å². The van der Waals surface area contributed by atoms with Crippen LogP contribution in [0.15, 0.2) is 0 Å². The van der Waals surface area contributed by atoms with Crippen LogP contribution in [0, 0.1) is 5.41 Å². The number of carbonyl (C=O) groups is 1. The van der Waals surface area contributed by atoms with E-state index in [1.807, 2.05) is 6.92 Å². The van der Waals surface area contributed by atoms with Crippen molar-refractivity contribution in [2.45, 2.75) is 110 Å². The average Bonchev–Trinajstić information content (AvgIpc) is 2.51. The summed E-state index contributed by atoms with van der Waals surface area (Å²) in [6.07, 6.45) is 10.3. The molecule has 0 amide bonds. The van der Waals surface area contributed by atoms with Crippen LogP contribution in [0.2, 0.25) is 0 Å². The molecule has 0 aliphatic heterocycles. The first-order chi connectivity index (χ1) is 10.4. The third-order valence-electron chi connectivity index (χ3n) is 5.13. The number of carboxylic acids is 1. The molecule has 0 aromatic rings. The number of rotatable bonds is 14. The first-order valence-corrected chi connectivity index (χ1v) is 9.37. The predicted octanol–water partition coefficient (Wildman–Crippen LogP) is 4.59. The van der Waals surface area contributed by atoms with Crippen molar-refractivity contribution in [1.82, 2.24) is 6.15 Å². The maximum Gasteiger partial charge on any atom is 0.109 e. The Bertz CT molecular complexity index is 285. The monoisotopic (exact) mass is 331 g/mol. The average molecular weight is 332 g/mol. The number of aliphatic carboxylic acids is 1. The molecule has 0 aliphatic carbocycles. The molecule has 23 heavy (non-hydrogen) atoms. The predicted molar refractivity (Wildman–Crippen MR) is 96.5 cm³/mol. The van der Waals surface area contributed by atoms with E-state index in [2.05, 4.69) is 20.8 Å². The van der Waals surface area contributed by atoms with Gasteiger partial charge in [0.05, 0.1) is 5.97 Å². The molecule has 0 aromatic carbocycles. The molecular formula is C19H41NO3. The third-order valence-corrected chi connectivity index (χ3v) is 5.13. The fraction of sp³-hybridized carbons (Fsp3) is 0.947. The van der Waals surface area contributed by atoms with Gasteiger partial charge in [0.25, 0.3) is 0 Å². The van der Waals surface area contributed by atoms with Crippen molar-refractivity contribution in [2.24, 2.45) is 5.41 Å². The largest absolute Gasteiger partial charge is 0.547 e. The highest BCUT2D eigenvalue weighted by atomic mass is 16.4. The maximum atomic E-state index is 11.9. The first-order valence-electron chi connectivity index (χ1n) is 9.37. The van der Waals surface area contributed by atoms with Crippen LogP contribution in [0.3, 0.4) is 0 Å². The minimum Gasteiger partial charge on any atom is -0.547 e. The van der Waals surface area contributed by atoms with Gasteiger partial charge in [-0.3, -0.25) is 0 Å². The van der Waals surface area contributed by atoms with Gasteiger partial charge in [-0.15, -0.1) is 0 Å². The minimum atomic E-state index is -1.68. The summed E-state index contributed by atoms with van der Waals surface area (Å²) < 4.78 is 0. The fourth-order valence-electron chi connectivity index (χ4n) is 3.56. The summed E-state index contributed by atoms with van der Waals surface area (Å²) in [5, 5.41) is 23.0. The van der Waals surface area contributed by atoms with E-state index >= 15 is 0 Å². The third kappa shape index (κ3) is 6.80. The van der Waals surface area contributed by atoms with E-state index in [4.69, 9.17) is 0 Å². The minimum absolute atomic E-state index is 0. The van der Waals surface area contributed by atoms with Crippen LogP contribution in [0.4, 0.5) is 0 Å². The first kappa shape index (κ1) is 24.6. The van der Waals surface area contributed by atoms with E-state index in [1.54, 1.807) is 0 Å². The van der Waals surface area contributed by atoms with Gasteiger partial charge in [0.15, 0.2) is 0 Å². The molecule has 0 spiro atoms. The van der Waals surface area contributed by atoms with E-state index < -0.39 is 17.0 Å². The van der Waals surface area contributed by atoms with Crippen LogP contribution in [-0.2, 0) is 4.79 Å². The molecule has 0 heterocycles. The van der Waals surface area contributed by atoms with Gasteiger partial charge in [-0.05, 0) is 25.7 Å². The molecule has 1 atom stereocenters. The van der Waals surface area contributed by atoms with Crippen molar-refractivity contribution in [1.29, 1.82) is 0 Å². The molecule has 140 valence electrons. The molecule has 0 aromatic heterocycles. The summed E-state index contributed by atoms with van der Waals surface area (Å²) in [7, 11) is 0. The number of quaternary nitrogens is 1. The second kappa shape index (κ2) is 12.8. The zero-order chi connectivity index (χ0) is 17.1. The highest BCUT2D eigenvalue weighted by Gasteiger charge is 2.49. The Morgan fingerprint density at radius 3 is 1.35 bits per heavy atom. The van der Waals surface area contributed by atoms with Crippen LogP contribution in [0.5, 0.6) is 0 Å². The Balaban J connectivity index is 0. The topological polar surface area (TPSA) is 96.9 Å². The molecule has 0 unspecified atom stereocenters. The molecule has 0 saturated heterocycles. The molecule has 0 fully saturated rings. The Morgan fingerprint density at radius 2 is 1.09 bits per heavy atom. The number of carboxylic acid groups (broad SMARTS) is 1. The zero-order valence-corrected chi connectivity index (χ0v) is 16.2. The normalized spacial score (nSPS) is 14.1.